The van der Waals surface area contributed by atoms with Crippen LogP contribution >= 0.6 is 23.1 Å². The van der Waals surface area contributed by atoms with Crippen LogP contribution in [0.25, 0.3) is 0 Å². The second-order valence-corrected chi connectivity index (χ2v) is 7.69. The number of hydrogen-bond acceptors (Lipinski definition) is 4. The van der Waals surface area contributed by atoms with Crippen LogP contribution in [0.3, 0.4) is 0 Å². The van der Waals surface area contributed by atoms with E-state index in [0.717, 1.165) is 21.3 Å². The van der Waals surface area contributed by atoms with Crippen LogP contribution in [-0.2, 0) is 4.79 Å². The molecule has 1 N–H and O–H groups in total. The summed E-state index contributed by atoms with van der Waals surface area (Å²) < 4.78 is 0.937. The smallest absolute Gasteiger partial charge is 0.237 e. The number of nitrogens with zero attached hydrogens (tertiary/aromatic N) is 1. The number of hydrogen-bond donors (Lipinski definition) is 1. The Morgan fingerprint density at radius 1 is 1.29 bits per heavy atom. The molecule has 0 aliphatic heterocycles. The lowest BCUT2D eigenvalue weighted by atomic mass is 10.0. The van der Waals surface area contributed by atoms with Crippen molar-refractivity contribution < 1.29 is 4.79 Å². The van der Waals surface area contributed by atoms with Crippen LogP contribution < -0.4 is 5.32 Å². The molecule has 1 aromatic heterocycles. The number of nitrogens with one attached hydrogen (secondary N) is 1. The van der Waals surface area contributed by atoms with E-state index in [2.05, 4.69) is 30.2 Å². The molecule has 112 valence electrons. The Morgan fingerprint density at radius 2 is 2.00 bits per heavy atom. The highest BCUT2D eigenvalue weighted by Crippen LogP contribution is 2.28. The topological polar surface area (TPSA) is 42.0 Å². The van der Waals surface area contributed by atoms with Gasteiger partial charge in [0.2, 0.25) is 5.91 Å². The molecule has 1 amide bonds. The largest absolute Gasteiger partial charge is 0.325 e. The first kappa shape index (κ1) is 16.0. The van der Waals surface area contributed by atoms with Crippen molar-refractivity contribution in [2.45, 2.75) is 43.2 Å². The van der Waals surface area contributed by atoms with Gasteiger partial charge in [0.05, 0.1) is 5.25 Å². The van der Waals surface area contributed by atoms with Gasteiger partial charge in [-0.2, -0.15) is 0 Å². The highest BCUT2D eigenvalue weighted by atomic mass is 32.2. The second-order valence-electron chi connectivity index (χ2n) is 5.25. The number of aryl methyl sites for hydroxylation is 1. The molecule has 3 nitrogen and oxygen atoms in total. The van der Waals surface area contributed by atoms with E-state index in [9.17, 15) is 4.79 Å². The average molecular weight is 320 g/mol. The number of thiazole rings is 1. The Kier molecular flexibility index (Phi) is 5.42. The maximum Gasteiger partial charge on any atom is 0.237 e. The van der Waals surface area contributed by atoms with Crippen LogP contribution in [0.15, 0.2) is 34.0 Å². The molecule has 0 aliphatic carbocycles. The molecular weight excluding hydrogens is 300 g/mol. The van der Waals surface area contributed by atoms with Gasteiger partial charge in [-0.15, -0.1) is 11.3 Å². The van der Waals surface area contributed by atoms with Gasteiger partial charge < -0.3 is 5.32 Å². The molecule has 1 atom stereocenters. The van der Waals surface area contributed by atoms with E-state index in [4.69, 9.17) is 0 Å². The van der Waals surface area contributed by atoms with Crippen molar-refractivity contribution in [1.29, 1.82) is 0 Å². The average Bonchev–Trinajstić information content (AvgIpc) is 2.84. The summed E-state index contributed by atoms with van der Waals surface area (Å²) in [5.74, 6) is 0.395. The lowest BCUT2D eigenvalue weighted by Gasteiger charge is -2.15. The van der Waals surface area contributed by atoms with E-state index in [1.54, 1.807) is 11.3 Å². The van der Waals surface area contributed by atoms with Gasteiger partial charge in [-0.25, -0.2) is 4.98 Å². The zero-order valence-electron chi connectivity index (χ0n) is 12.7. The number of benzene rings is 1. The fourth-order valence-electron chi connectivity index (χ4n) is 1.94. The third kappa shape index (κ3) is 4.32. The molecule has 0 saturated heterocycles. The molecule has 5 heteroatoms. The van der Waals surface area contributed by atoms with Gasteiger partial charge in [0.1, 0.15) is 0 Å². The number of para-hydroxylation sites is 1. The predicted octanol–water partition coefficient (Wildman–Crippen LogP) is 4.69. The normalized spacial score (nSPS) is 12.4. The summed E-state index contributed by atoms with van der Waals surface area (Å²) in [4.78, 5) is 16.7. The van der Waals surface area contributed by atoms with Crippen LogP contribution in [0.1, 0.15) is 37.9 Å². The van der Waals surface area contributed by atoms with Gasteiger partial charge in [-0.1, -0.05) is 43.8 Å². The Bertz CT molecular complexity index is 622. The van der Waals surface area contributed by atoms with Crippen molar-refractivity contribution in [3.63, 3.8) is 0 Å². The van der Waals surface area contributed by atoms with E-state index in [0.29, 0.717) is 5.92 Å². The lowest BCUT2D eigenvalue weighted by Crippen LogP contribution is -2.23. The van der Waals surface area contributed by atoms with Crippen LogP contribution in [0.5, 0.6) is 0 Å². The molecule has 1 unspecified atom stereocenters. The molecule has 0 aliphatic rings. The number of carbonyl (C=O) groups is 1. The Hall–Kier alpha value is -1.33. The number of thioether (sulfide) groups is 1. The first-order valence-corrected chi connectivity index (χ1v) is 8.72. The van der Waals surface area contributed by atoms with Crippen molar-refractivity contribution in [2.75, 3.05) is 5.32 Å². The summed E-state index contributed by atoms with van der Waals surface area (Å²) in [5.41, 5.74) is 3.06. The summed E-state index contributed by atoms with van der Waals surface area (Å²) in [5, 5.41) is 4.87. The molecule has 0 saturated carbocycles. The maximum absolute atomic E-state index is 12.3. The molecule has 21 heavy (non-hydrogen) atoms. The van der Waals surface area contributed by atoms with Gasteiger partial charge in [-0.05, 0) is 31.4 Å². The minimum atomic E-state index is -0.171. The van der Waals surface area contributed by atoms with Crippen molar-refractivity contribution in [2.24, 2.45) is 0 Å². The summed E-state index contributed by atoms with van der Waals surface area (Å²) in [7, 11) is 0. The van der Waals surface area contributed by atoms with E-state index in [1.807, 2.05) is 37.4 Å². The van der Waals surface area contributed by atoms with Gasteiger partial charge in [-0.3, -0.25) is 4.79 Å². The Balaban J connectivity index is 2.04. The van der Waals surface area contributed by atoms with Crippen LogP contribution in [-0.4, -0.2) is 16.1 Å². The molecule has 0 bridgehead atoms. The van der Waals surface area contributed by atoms with Crippen LogP contribution in [0.4, 0.5) is 5.69 Å². The third-order valence-corrected chi connectivity index (χ3v) is 5.28. The van der Waals surface area contributed by atoms with Gasteiger partial charge >= 0.3 is 0 Å². The molecule has 1 aromatic carbocycles. The SMILES string of the molecule is Cc1csc(SC(C)C(=O)Nc2ccccc2C(C)C)n1. The first-order chi connectivity index (χ1) is 9.97. The Labute approximate surface area is 134 Å². The zero-order valence-corrected chi connectivity index (χ0v) is 14.3. The van der Waals surface area contributed by atoms with Gasteiger partial charge in [0.25, 0.3) is 0 Å². The van der Waals surface area contributed by atoms with E-state index < -0.39 is 0 Å². The monoisotopic (exact) mass is 320 g/mol. The standard InChI is InChI=1S/C16H20N2OS2/c1-10(2)13-7-5-6-8-14(13)18-15(19)12(4)21-16-17-11(3)9-20-16/h5-10,12H,1-4H3,(H,18,19). The number of anilines is 1. The first-order valence-electron chi connectivity index (χ1n) is 6.96. The summed E-state index contributed by atoms with van der Waals surface area (Å²) in [6.45, 7) is 8.13. The van der Waals surface area contributed by atoms with Gasteiger partial charge in [0, 0.05) is 16.8 Å². The molecule has 1 heterocycles. The van der Waals surface area contributed by atoms with Crippen LogP contribution in [0, 0.1) is 6.92 Å². The fraction of sp³-hybridized carbons (Fsp3) is 0.375. The maximum atomic E-state index is 12.3. The second kappa shape index (κ2) is 7.09. The molecule has 0 spiro atoms. The van der Waals surface area contributed by atoms with E-state index in [-0.39, 0.29) is 11.2 Å². The third-order valence-electron chi connectivity index (χ3n) is 3.09. The van der Waals surface area contributed by atoms with E-state index >= 15 is 0 Å². The molecular formula is C16H20N2OS2. The quantitative estimate of drug-likeness (QED) is 0.812. The number of carbonyl (C=O) groups excluding carboxylic acids is 1. The minimum absolute atomic E-state index is 0.0148. The fourth-order valence-corrected chi connectivity index (χ4v) is 3.93. The van der Waals surface area contributed by atoms with E-state index in [1.165, 1.54) is 11.8 Å². The highest BCUT2D eigenvalue weighted by molar-refractivity contribution is 8.02. The molecule has 2 rings (SSSR count). The number of aromatic nitrogens is 1. The summed E-state index contributed by atoms with van der Waals surface area (Å²) in [6.07, 6.45) is 0. The number of rotatable bonds is 5. The van der Waals surface area contributed by atoms with Crippen molar-refractivity contribution in [1.82, 2.24) is 4.98 Å². The zero-order chi connectivity index (χ0) is 15.4. The van der Waals surface area contributed by atoms with Crippen molar-refractivity contribution in [3.8, 4) is 0 Å². The highest BCUT2D eigenvalue weighted by Gasteiger charge is 2.17. The minimum Gasteiger partial charge on any atom is -0.325 e. The van der Waals surface area contributed by atoms with Gasteiger partial charge in [0.15, 0.2) is 4.34 Å². The Morgan fingerprint density at radius 3 is 2.62 bits per heavy atom. The van der Waals surface area contributed by atoms with Crippen molar-refractivity contribution in [3.05, 3.63) is 40.9 Å². The molecule has 2 aromatic rings. The predicted molar refractivity (Wildman–Crippen MR) is 91.3 cm³/mol. The lowest BCUT2D eigenvalue weighted by molar-refractivity contribution is -0.115. The summed E-state index contributed by atoms with van der Waals surface area (Å²) in [6, 6.07) is 7.96. The molecule has 0 fully saturated rings. The summed E-state index contributed by atoms with van der Waals surface area (Å²) >= 11 is 3.08. The van der Waals surface area contributed by atoms with Crippen LogP contribution in [0.2, 0.25) is 0 Å². The number of amides is 1. The molecule has 0 radical (unpaired) electrons. The van der Waals surface area contributed by atoms with Crippen molar-refractivity contribution >= 4 is 34.7 Å².